The Bertz CT molecular complexity index is 336. The van der Waals surface area contributed by atoms with E-state index in [1.54, 1.807) is 0 Å². The number of carbonyl (C=O) groups is 1. The van der Waals surface area contributed by atoms with Gasteiger partial charge in [0.1, 0.15) is 0 Å². The van der Waals surface area contributed by atoms with Crippen molar-refractivity contribution in [3.05, 3.63) is 0 Å². The molecule has 0 saturated heterocycles. The van der Waals surface area contributed by atoms with Crippen molar-refractivity contribution in [2.75, 3.05) is 19.6 Å². The molecule has 0 aromatic rings. The molecule has 2 N–H and O–H groups in total. The van der Waals surface area contributed by atoms with Gasteiger partial charge in [0.15, 0.2) is 0 Å². The standard InChI is InChI=1S/C17H32N2O2/c1-12(2)6-13(3)9-18-15-7-16(8-15)19(11-17(20)21)10-14-4-5-14/h12-16,18H,4-11H2,1-3H3,(H,20,21). The maximum Gasteiger partial charge on any atom is 0.317 e. The van der Waals surface area contributed by atoms with E-state index in [1.165, 1.54) is 19.3 Å². The lowest BCUT2D eigenvalue weighted by atomic mass is 9.84. The van der Waals surface area contributed by atoms with Crippen LogP contribution < -0.4 is 5.32 Å². The van der Waals surface area contributed by atoms with Crippen molar-refractivity contribution in [2.45, 2.75) is 65.0 Å². The zero-order valence-corrected chi connectivity index (χ0v) is 13.8. The number of carboxylic acid groups (broad SMARTS) is 1. The van der Waals surface area contributed by atoms with Gasteiger partial charge in [0, 0.05) is 18.6 Å². The second kappa shape index (κ2) is 7.59. The number of nitrogens with zero attached hydrogens (tertiary/aromatic N) is 1. The van der Waals surface area contributed by atoms with E-state index in [0.717, 1.165) is 43.7 Å². The van der Waals surface area contributed by atoms with E-state index in [-0.39, 0.29) is 6.54 Å². The summed E-state index contributed by atoms with van der Waals surface area (Å²) in [5.41, 5.74) is 0. The summed E-state index contributed by atoms with van der Waals surface area (Å²) in [4.78, 5) is 13.2. The Hall–Kier alpha value is -0.610. The SMILES string of the molecule is CC(C)CC(C)CNC1CC(N(CC(=O)O)CC2CC2)C1. The molecule has 2 aliphatic carbocycles. The summed E-state index contributed by atoms with van der Waals surface area (Å²) in [7, 11) is 0. The topological polar surface area (TPSA) is 52.6 Å². The largest absolute Gasteiger partial charge is 0.480 e. The van der Waals surface area contributed by atoms with Gasteiger partial charge in [0.25, 0.3) is 0 Å². The molecule has 2 fully saturated rings. The van der Waals surface area contributed by atoms with Gasteiger partial charge >= 0.3 is 5.97 Å². The first kappa shape index (κ1) is 16.8. The van der Waals surface area contributed by atoms with Crippen LogP contribution in [0.25, 0.3) is 0 Å². The molecule has 0 radical (unpaired) electrons. The van der Waals surface area contributed by atoms with Crippen molar-refractivity contribution in [1.82, 2.24) is 10.2 Å². The molecule has 0 aliphatic heterocycles. The molecule has 2 aliphatic rings. The van der Waals surface area contributed by atoms with E-state index in [4.69, 9.17) is 5.11 Å². The molecule has 0 spiro atoms. The number of nitrogens with one attached hydrogen (secondary N) is 1. The summed E-state index contributed by atoms with van der Waals surface area (Å²) < 4.78 is 0. The lowest BCUT2D eigenvalue weighted by Crippen LogP contribution is -2.54. The second-order valence-corrected chi connectivity index (χ2v) is 7.73. The molecular weight excluding hydrogens is 264 g/mol. The van der Waals surface area contributed by atoms with Crippen molar-refractivity contribution in [2.24, 2.45) is 17.8 Å². The molecule has 1 unspecified atom stereocenters. The highest BCUT2D eigenvalue weighted by Gasteiger charge is 2.36. The van der Waals surface area contributed by atoms with Crippen molar-refractivity contribution in [1.29, 1.82) is 0 Å². The molecule has 21 heavy (non-hydrogen) atoms. The summed E-state index contributed by atoms with van der Waals surface area (Å²) in [6.07, 6.45) is 6.09. The molecule has 0 amide bonds. The number of hydrogen-bond acceptors (Lipinski definition) is 3. The highest BCUT2D eigenvalue weighted by molar-refractivity contribution is 5.69. The van der Waals surface area contributed by atoms with Crippen molar-refractivity contribution in [3.8, 4) is 0 Å². The predicted octanol–water partition coefficient (Wildman–Crippen LogP) is 2.59. The highest BCUT2D eigenvalue weighted by Crippen LogP contribution is 2.33. The molecule has 4 nitrogen and oxygen atoms in total. The summed E-state index contributed by atoms with van der Waals surface area (Å²) in [6.45, 7) is 9.17. The van der Waals surface area contributed by atoms with Gasteiger partial charge in [-0.1, -0.05) is 20.8 Å². The minimum Gasteiger partial charge on any atom is -0.480 e. The normalized spacial score (nSPS) is 26.9. The van der Waals surface area contributed by atoms with Crippen LogP contribution in [0.1, 0.15) is 52.9 Å². The molecule has 2 rings (SSSR count). The van der Waals surface area contributed by atoms with Gasteiger partial charge in [-0.25, -0.2) is 0 Å². The van der Waals surface area contributed by atoms with Crippen LogP contribution in [0.4, 0.5) is 0 Å². The maximum absolute atomic E-state index is 11.0. The lowest BCUT2D eigenvalue weighted by Gasteiger charge is -2.43. The van der Waals surface area contributed by atoms with Gasteiger partial charge in [-0.05, 0) is 56.4 Å². The fraction of sp³-hybridized carbons (Fsp3) is 0.941. The summed E-state index contributed by atoms with van der Waals surface area (Å²) in [5.74, 6) is 1.58. The first-order chi connectivity index (χ1) is 9.94. The smallest absolute Gasteiger partial charge is 0.317 e. The van der Waals surface area contributed by atoms with Gasteiger partial charge in [-0.15, -0.1) is 0 Å². The number of rotatable bonds is 10. The van der Waals surface area contributed by atoms with E-state index < -0.39 is 5.97 Å². The molecule has 0 aromatic heterocycles. The molecule has 2 saturated carbocycles. The Morgan fingerprint density at radius 1 is 1.29 bits per heavy atom. The average Bonchev–Trinajstić information content (AvgIpc) is 3.08. The Labute approximate surface area is 129 Å². The van der Waals surface area contributed by atoms with Crippen molar-refractivity contribution < 1.29 is 9.90 Å². The third-order valence-electron chi connectivity index (χ3n) is 4.79. The van der Waals surface area contributed by atoms with Gasteiger partial charge in [-0.3, -0.25) is 9.69 Å². The van der Waals surface area contributed by atoms with Crippen LogP contribution in [0.2, 0.25) is 0 Å². The third kappa shape index (κ3) is 5.95. The zero-order chi connectivity index (χ0) is 15.4. The van der Waals surface area contributed by atoms with Crippen LogP contribution in [-0.2, 0) is 4.79 Å². The van der Waals surface area contributed by atoms with Crippen molar-refractivity contribution in [3.63, 3.8) is 0 Å². The van der Waals surface area contributed by atoms with E-state index in [0.29, 0.717) is 12.1 Å². The lowest BCUT2D eigenvalue weighted by molar-refractivity contribution is -0.139. The van der Waals surface area contributed by atoms with Crippen molar-refractivity contribution >= 4 is 5.97 Å². The first-order valence-electron chi connectivity index (χ1n) is 8.63. The predicted molar refractivity (Wildman–Crippen MR) is 85.4 cm³/mol. The second-order valence-electron chi connectivity index (χ2n) is 7.73. The fourth-order valence-electron chi connectivity index (χ4n) is 3.46. The maximum atomic E-state index is 11.0. The van der Waals surface area contributed by atoms with Gasteiger partial charge in [0.05, 0.1) is 6.54 Å². The molecule has 0 bridgehead atoms. The minimum absolute atomic E-state index is 0.220. The first-order valence-corrected chi connectivity index (χ1v) is 8.63. The number of hydrogen-bond donors (Lipinski definition) is 2. The van der Waals surface area contributed by atoms with Crippen LogP contribution >= 0.6 is 0 Å². The summed E-state index contributed by atoms with van der Waals surface area (Å²) in [6, 6.07) is 1.08. The molecular formula is C17H32N2O2. The Morgan fingerprint density at radius 3 is 2.48 bits per heavy atom. The molecule has 122 valence electrons. The molecule has 0 aromatic carbocycles. The highest BCUT2D eigenvalue weighted by atomic mass is 16.4. The van der Waals surface area contributed by atoms with E-state index in [9.17, 15) is 4.79 Å². The monoisotopic (exact) mass is 296 g/mol. The minimum atomic E-state index is -0.683. The zero-order valence-electron chi connectivity index (χ0n) is 13.8. The van der Waals surface area contributed by atoms with Crippen LogP contribution in [0.15, 0.2) is 0 Å². The molecule has 4 heteroatoms. The van der Waals surface area contributed by atoms with Crippen LogP contribution in [0.5, 0.6) is 0 Å². The average molecular weight is 296 g/mol. The Kier molecular flexibility index (Phi) is 6.06. The van der Waals surface area contributed by atoms with Crippen LogP contribution in [-0.4, -0.2) is 47.7 Å². The molecule has 1 atom stereocenters. The Morgan fingerprint density at radius 2 is 1.95 bits per heavy atom. The van der Waals surface area contributed by atoms with Gasteiger partial charge in [-0.2, -0.15) is 0 Å². The Balaban J connectivity index is 1.64. The van der Waals surface area contributed by atoms with E-state index >= 15 is 0 Å². The molecule has 0 heterocycles. The van der Waals surface area contributed by atoms with Crippen LogP contribution in [0, 0.1) is 17.8 Å². The number of aliphatic carboxylic acids is 1. The van der Waals surface area contributed by atoms with Crippen LogP contribution in [0.3, 0.4) is 0 Å². The van der Waals surface area contributed by atoms with Gasteiger partial charge < -0.3 is 10.4 Å². The third-order valence-corrected chi connectivity index (χ3v) is 4.79. The van der Waals surface area contributed by atoms with E-state index in [1.807, 2.05) is 0 Å². The fourth-order valence-corrected chi connectivity index (χ4v) is 3.46. The summed E-state index contributed by atoms with van der Waals surface area (Å²) in [5, 5.41) is 12.7. The summed E-state index contributed by atoms with van der Waals surface area (Å²) >= 11 is 0. The van der Waals surface area contributed by atoms with E-state index in [2.05, 4.69) is 31.0 Å². The van der Waals surface area contributed by atoms with Gasteiger partial charge in [0.2, 0.25) is 0 Å². The number of carboxylic acids is 1. The quantitative estimate of drug-likeness (QED) is 0.650.